The number of aryl methyl sites for hydroxylation is 1. The summed E-state index contributed by atoms with van der Waals surface area (Å²) in [7, 11) is -1.95. The monoisotopic (exact) mass is 503 g/mol. The summed E-state index contributed by atoms with van der Waals surface area (Å²) >= 11 is 0. The fourth-order valence-electron chi connectivity index (χ4n) is 3.74. The first-order valence-corrected chi connectivity index (χ1v) is 13.5. The van der Waals surface area contributed by atoms with Gasteiger partial charge in [-0.3, -0.25) is 13.9 Å². The molecule has 2 rings (SSSR count). The molecular formula is C26H37N3O5S. The van der Waals surface area contributed by atoms with Crippen LogP contribution in [0.3, 0.4) is 0 Å². The minimum absolute atomic E-state index is 0.0589. The highest BCUT2D eigenvalue weighted by Crippen LogP contribution is 2.21. The van der Waals surface area contributed by atoms with Crippen molar-refractivity contribution in [3.05, 3.63) is 59.7 Å². The lowest BCUT2D eigenvalue weighted by Gasteiger charge is -2.30. The average molecular weight is 504 g/mol. The minimum atomic E-state index is -3.52. The molecule has 2 amide bonds. The van der Waals surface area contributed by atoms with Crippen LogP contribution in [-0.2, 0) is 26.2 Å². The molecule has 8 nitrogen and oxygen atoms in total. The van der Waals surface area contributed by atoms with Gasteiger partial charge in [0.2, 0.25) is 21.8 Å². The van der Waals surface area contributed by atoms with Crippen molar-refractivity contribution in [2.45, 2.75) is 59.2 Å². The molecule has 0 radical (unpaired) electrons. The van der Waals surface area contributed by atoms with Crippen LogP contribution in [-0.4, -0.2) is 57.1 Å². The Bertz CT molecular complexity index is 1120. The van der Waals surface area contributed by atoms with Gasteiger partial charge in [0.25, 0.3) is 0 Å². The molecule has 0 aromatic heterocycles. The molecule has 0 fully saturated rings. The molecule has 0 spiro atoms. The summed E-state index contributed by atoms with van der Waals surface area (Å²) in [6, 6.07) is 13.8. The summed E-state index contributed by atoms with van der Waals surface area (Å²) in [6.45, 7) is 7.72. The molecule has 1 N–H and O–H groups in total. The number of carbonyl (C=O) groups is 2. The third-order valence-corrected chi connectivity index (χ3v) is 6.72. The van der Waals surface area contributed by atoms with E-state index in [1.54, 1.807) is 32.2 Å². The van der Waals surface area contributed by atoms with Crippen molar-refractivity contribution in [2.24, 2.45) is 0 Å². The van der Waals surface area contributed by atoms with Gasteiger partial charge in [-0.05, 0) is 69.5 Å². The number of carbonyl (C=O) groups excluding carboxylic acids is 2. The second-order valence-corrected chi connectivity index (χ2v) is 10.9. The first-order chi connectivity index (χ1) is 16.4. The summed E-state index contributed by atoms with van der Waals surface area (Å²) in [5, 5.41) is 2.86. The number of anilines is 1. The quantitative estimate of drug-likeness (QED) is 0.478. The van der Waals surface area contributed by atoms with E-state index in [0.29, 0.717) is 17.9 Å². The molecule has 0 aliphatic carbocycles. The predicted molar refractivity (Wildman–Crippen MR) is 139 cm³/mol. The maximum Gasteiger partial charge on any atom is 0.242 e. The third kappa shape index (κ3) is 8.58. The van der Waals surface area contributed by atoms with Gasteiger partial charge in [-0.1, -0.05) is 24.3 Å². The van der Waals surface area contributed by atoms with Gasteiger partial charge in [-0.25, -0.2) is 8.42 Å². The molecule has 1 atom stereocenters. The maximum absolute atomic E-state index is 13.3. The first-order valence-electron chi connectivity index (χ1n) is 11.7. The maximum atomic E-state index is 13.3. The summed E-state index contributed by atoms with van der Waals surface area (Å²) in [5.74, 6) is 0.196. The number of hydrogen-bond acceptors (Lipinski definition) is 5. The molecule has 0 bridgehead atoms. The van der Waals surface area contributed by atoms with E-state index < -0.39 is 16.1 Å². The molecule has 0 aliphatic rings. The Labute approximate surface area is 209 Å². The largest absolute Gasteiger partial charge is 0.497 e. The van der Waals surface area contributed by atoms with Crippen LogP contribution in [0.5, 0.6) is 5.75 Å². The molecule has 0 aliphatic heterocycles. The summed E-state index contributed by atoms with van der Waals surface area (Å²) in [5.41, 5.74) is 2.35. The van der Waals surface area contributed by atoms with Gasteiger partial charge in [-0.2, -0.15) is 0 Å². The van der Waals surface area contributed by atoms with Gasteiger partial charge in [0.15, 0.2) is 0 Å². The summed E-state index contributed by atoms with van der Waals surface area (Å²) in [4.78, 5) is 27.6. The van der Waals surface area contributed by atoms with Gasteiger partial charge in [0.05, 0.1) is 19.1 Å². The Morgan fingerprint density at radius 1 is 1.06 bits per heavy atom. The number of sulfonamides is 1. The van der Waals surface area contributed by atoms with E-state index in [1.165, 1.54) is 9.21 Å². The third-order valence-electron chi connectivity index (χ3n) is 5.53. The number of methoxy groups -OCH3 is 1. The van der Waals surface area contributed by atoms with Gasteiger partial charge >= 0.3 is 0 Å². The summed E-state index contributed by atoms with van der Waals surface area (Å²) in [6.07, 6.45) is 1.57. The predicted octanol–water partition coefficient (Wildman–Crippen LogP) is 3.49. The summed E-state index contributed by atoms with van der Waals surface area (Å²) < 4.78 is 31.4. The Morgan fingerprint density at radius 3 is 2.34 bits per heavy atom. The van der Waals surface area contributed by atoms with Gasteiger partial charge in [0.1, 0.15) is 11.8 Å². The fourth-order valence-corrected chi connectivity index (χ4v) is 4.70. The molecule has 35 heavy (non-hydrogen) atoms. The fraction of sp³-hybridized carbons (Fsp3) is 0.462. The number of nitrogens with one attached hydrogen (secondary N) is 1. The molecule has 0 unspecified atom stereocenters. The number of benzene rings is 2. The Hall–Kier alpha value is -3.07. The SMILES string of the molecule is COc1cccc(CN(C(=O)CCCN(c2cccc(C)c2)S(C)(=O)=O)[C@H](C)C(=O)NC(C)C)c1. The zero-order valence-electron chi connectivity index (χ0n) is 21.4. The van der Waals surface area contributed by atoms with Crippen molar-refractivity contribution < 1.29 is 22.7 Å². The Balaban J connectivity index is 2.19. The lowest BCUT2D eigenvalue weighted by molar-refractivity contribution is -0.140. The van der Waals surface area contributed by atoms with Gasteiger partial charge in [-0.15, -0.1) is 0 Å². The van der Waals surface area contributed by atoms with Gasteiger partial charge in [0, 0.05) is 25.6 Å². The molecular weight excluding hydrogens is 466 g/mol. The van der Waals surface area contributed by atoms with Crippen molar-refractivity contribution >= 4 is 27.5 Å². The highest BCUT2D eigenvalue weighted by Gasteiger charge is 2.27. The lowest BCUT2D eigenvalue weighted by Crippen LogP contribution is -2.49. The van der Waals surface area contributed by atoms with Gasteiger partial charge < -0.3 is 15.0 Å². The molecule has 9 heteroatoms. The van der Waals surface area contributed by atoms with Crippen LogP contribution in [0, 0.1) is 6.92 Å². The molecule has 0 saturated carbocycles. The van der Waals surface area contributed by atoms with Crippen LogP contribution in [0.4, 0.5) is 5.69 Å². The Kier molecular flexibility index (Phi) is 10.1. The molecule has 0 heterocycles. The second kappa shape index (κ2) is 12.6. The number of ether oxygens (including phenoxy) is 1. The van der Waals surface area contributed by atoms with Crippen LogP contribution >= 0.6 is 0 Å². The van der Waals surface area contributed by atoms with Crippen molar-refractivity contribution in [1.82, 2.24) is 10.2 Å². The highest BCUT2D eigenvalue weighted by atomic mass is 32.2. The smallest absolute Gasteiger partial charge is 0.242 e. The standard InChI is InChI=1S/C26H37N3O5S/c1-19(2)27-26(31)21(4)28(18-22-11-8-13-24(17-22)34-5)25(30)14-9-15-29(35(6,32)33)23-12-7-10-20(3)16-23/h7-8,10-13,16-17,19,21H,9,14-15,18H2,1-6H3,(H,27,31)/t21-/m1/s1. The number of amides is 2. The lowest BCUT2D eigenvalue weighted by atomic mass is 10.1. The number of nitrogens with zero attached hydrogens (tertiary/aromatic N) is 2. The molecule has 0 saturated heterocycles. The van der Waals surface area contributed by atoms with E-state index in [2.05, 4.69) is 5.32 Å². The van der Waals surface area contributed by atoms with Crippen LogP contribution in [0.15, 0.2) is 48.5 Å². The second-order valence-electron chi connectivity index (χ2n) is 8.99. The van der Waals surface area contributed by atoms with E-state index >= 15 is 0 Å². The molecule has 192 valence electrons. The normalized spacial score (nSPS) is 12.2. The Morgan fingerprint density at radius 2 is 1.74 bits per heavy atom. The zero-order valence-corrected chi connectivity index (χ0v) is 22.3. The number of rotatable bonds is 12. The molecule has 2 aromatic carbocycles. The average Bonchev–Trinajstić information content (AvgIpc) is 2.78. The van der Waals surface area contributed by atoms with Crippen LogP contribution < -0.4 is 14.4 Å². The van der Waals surface area contributed by atoms with E-state index in [9.17, 15) is 18.0 Å². The first kappa shape index (κ1) is 28.2. The van der Waals surface area contributed by atoms with Crippen LogP contribution in [0.2, 0.25) is 0 Å². The van der Waals surface area contributed by atoms with Crippen molar-refractivity contribution in [1.29, 1.82) is 0 Å². The van der Waals surface area contributed by atoms with Crippen molar-refractivity contribution in [3.63, 3.8) is 0 Å². The van der Waals surface area contributed by atoms with Crippen LogP contribution in [0.25, 0.3) is 0 Å². The topological polar surface area (TPSA) is 96.0 Å². The number of hydrogen-bond donors (Lipinski definition) is 1. The van der Waals surface area contributed by atoms with Crippen LogP contribution in [0.1, 0.15) is 44.7 Å². The van der Waals surface area contributed by atoms with E-state index in [1.807, 2.05) is 51.1 Å². The van der Waals surface area contributed by atoms with E-state index in [0.717, 1.165) is 17.4 Å². The van der Waals surface area contributed by atoms with Crippen molar-refractivity contribution in [2.75, 3.05) is 24.2 Å². The molecule has 2 aromatic rings. The van der Waals surface area contributed by atoms with E-state index in [4.69, 9.17) is 4.74 Å². The van der Waals surface area contributed by atoms with E-state index in [-0.39, 0.29) is 37.4 Å². The minimum Gasteiger partial charge on any atom is -0.497 e. The highest BCUT2D eigenvalue weighted by molar-refractivity contribution is 7.92. The zero-order chi connectivity index (χ0) is 26.2. The van der Waals surface area contributed by atoms with Crippen molar-refractivity contribution in [3.8, 4) is 5.75 Å².